The molecule has 2 saturated heterocycles. The van der Waals surface area contributed by atoms with Crippen LogP contribution in [0.4, 0.5) is 0 Å². The van der Waals surface area contributed by atoms with E-state index in [1.54, 1.807) is 0 Å². The first-order valence-corrected chi connectivity index (χ1v) is 10.4. The Morgan fingerprint density at radius 2 is 1.69 bits per heavy atom. The molecule has 0 unspecified atom stereocenters. The van der Waals surface area contributed by atoms with Crippen LogP contribution < -0.4 is 0 Å². The van der Waals surface area contributed by atoms with Crippen LogP contribution in [-0.2, 0) is 12.8 Å². The summed E-state index contributed by atoms with van der Waals surface area (Å²) in [7, 11) is 4.23. The first-order chi connectivity index (χ1) is 12.6. The van der Waals surface area contributed by atoms with Crippen molar-refractivity contribution in [3.05, 3.63) is 34.9 Å². The number of rotatable bonds is 3. The molecule has 4 rings (SSSR count). The molecule has 0 bridgehead atoms. The van der Waals surface area contributed by atoms with Crippen molar-refractivity contribution in [2.45, 2.75) is 57.0 Å². The summed E-state index contributed by atoms with van der Waals surface area (Å²) in [5.41, 5.74) is 3.71. The van der Waals surface area contributed by atoms with E-state index in [2.05, 4.69) is 29.0 Å². The predicted molar refractivity (Wildman–Crippen MR) is 106 cm³/mol. The molecular weight excluding hydrogens is 322 g/mol. The van der Waals surface area contributed by atoms with Gasteiger partial charge in [0.25, 0.3) is 5.91 Å². The number of amides is 1. The Kier molecular flexibility index (Phi) is 5.32. The summed E-state index contributed by atoms with van der Waals surface area (Å²) in [6.45, 7) is 4.73. The van der Waals surface area contributed by atoms with E-state index < -0.39 is 0 Å². The topological polar surface area (TPSA) is 26.8 Å². The van der Waals surface area contributed by atoms with Crippen molar-refractivity contribution >= 4 is 5.91 Å². The van der Waals surface area contributed by atoms with Crippen molar-refractivity contribution in [1.82, 2.24) is 14.7 Å². The highest BCUT2D eigenvalue weighted by Crippen LogP contribution is 2.26. The Morgan fingerprint density at radius 3 is 2.42 bits per heavy atom. The number of hydrogen-bond donors (Lipinski definition) is 0. The fourth-order valence-electron chi connectivity index (χ4n) is 5.07. The zero-order valence-electron chi connectivity index (χ0n) is 16.4. The van der Waals surface area contributed by atoms with Crippen LogP contribution >= 0.6 is 0 Å². The lowest BCUT2D eigenvalue weighted by atomic mass is 9.97. The third kappa shape index (κ3) is 3.67. The molecule has 2 aliphatic heterocycles. The molecule has 4 nitrogen and oxygen atoms in total. The van der Waals surface area contributed by atoms with Crippen LogP contribution in [0.2, 0.25) is 0 Å². The van der Waals surface area contributed by atoms with Crippen molar-refractivity contribution in [2.24, 2.45) is 0 Å². The number of aryl methyl sites for hydroxylation is 2. The molecule has 0 N–H and O–H groups in total. The molecule has 0 spiro atoms. The van der Waals surface area contributed by atoms with E-state index in [9.17, 15) is 4.79 Å². The molecule has 0 aromatic heterocycles. The van der Waals surface area contributed by atoms with Crippen LogP contribution in [-0.4, -0.2) is 73.0 Å². The van der Waals surface area contributed by atoms with Gasteiger partial charge in [0.05, 0.1) is 0 Å². The SMILES string of the molecule is CN1CCC(N2CCC(N(C)C(=O)c3ccc4c(c3)CCC4)CC2)CC1. The third-order valence-corrected chi connectivity index (χ3v) is 6.92. The molecule has 4 heteroatoms. The molecule has 2 fully saturated rings. The minimum atomic E-state index is 0.206. The van der Waals surface area contributed by atoms with Crippen molar-refractivity contribution in [3.63, 3.8) is 0 Å². The van der Waals surface area contributed by atoms with Gasteiger partial charge >= 0.3 is 0 Å². The third-order valence-electron chi connectivity index (χ3n) is 6.92. The quantitative estimate of drug-likeness (QED) is 0.834. The summed E-state index contributed by atoms with van der Waals surface area (Å²) in [4.78, 5) is 20.1. The fourth-order valence-corrected chi connectivity index (χ4v) is 5.07. The number of piperidine rings is 2. The summed E-state index contributed by atoms with van der Waals surface area (Å²) in [5.74, 6) is 0.206. The van der Waals surface area contributed by atoms with Gasteiger partial charge in [-0.25, -0.2) is 0 Å². The monoisotopic (exact) mass is 355 g/mol. The number of carbonyl (C=O) groups is 1. The van der Waals surface area contributed by atoms with Crippen LogP contribution in [0.5, 0.6) is 0 Å². The van der Waals surface area contributed by atoms with E-state index in [0.717, 1.165) is 44.0 Å². The van der Waals surface area contributed by atoms with Gasteiger partial charge in [-0.05, 0) is 88.3 Å². The Balaban J connectivity index is 1.33. The predicted octanol–water partition coefficient (Wildman–Crippen LogP) is 2.81. The van der Waals surface area contributed by atoms with Crippen LogP contribution in [0.15, 0.2) is 18.2 Å². The van der Waals surface area contributed by atoms with E-state index in [4.69, 9.17) is 0 Å². The Hall–Kier alpha value is -1.39. The van der Waals surface area contributed by atoms with Crippen molar-refractivity contribution in [3.8, 4) is 0 Å². The second-order valence-corrected chi connectivity index (χ2v) is 8.55. The Morgan fingerprint density at radius 1 is 1.00 bits per heavy atom. The van der Waals surface area contributed by atoms with E-state index in [1.807, 2.05) is 18.0 Å². The first kappa shape index (κ1) is 18.0. The van der Waals surface area contributed by atoms with Crippen molar-refractivity contribution < 1.29 is 4.79 Å². The van der Waals surface area contributed by atoms with E-state index in [1.165, 1.54) is 49.9 Å². The molecule has 2 heterocycles. The number of hydrogen-bond acceptors (Lipinski definition) is 3. The standard InChI is InChI=1S/C22H33N3O/c1-23-12-8-21(9-13-23)25-14-10-20(11-15-25)24(2)22(26)19-7-6-17-4-3-5-18(17)16-19/h6-7,16,20-21H,3-5,8-15H2,1-2H3. The van der Waals surface area contributed by atoms with Crippen LogP contribution in [0.1, 0.15) is 53.6 Å². The van der Waals surface area contributed by atoms with E-state index in [0.29, 0.717) is 6.04 Å². The Bertz CT molecular complexity index is 643. The zero-order valence-corrected chi connectivity index (χ0v) is 16.4. The number of benzene rings is 1. The molecule has 0 saturated carbocycles. The molecule has 26 heavy (non-hydrogen) atoms. The van der Waals surface area contributed by atoms with Gasteiger partial charge in [-0.1, -0.05) is 6.07 Å². The van der Waals surface area contributed by atoms with Crippen molar-refractivity contribution in [1.29, 1.82) is 0 Å². The van der Waals surface area contributed by atoms with Gasteiger partial charge in [0.15, 0.2) is 0 Å². The molecule has 1 aromatic rings. The molecule has 1 amide bonds. The van der Waals surface area contributed by atoms with E-state index >= 15 is 0 Å². The summed E-state index contributed by atoms with van der Waals surface area (Å²) in [6, 6.07) is 7.50. The van der Waals surface area contributed by atoms with Gasteiger partial charge < -0.3 is 14.7 Å². The lowest BCUT2D eigenvalue weighted by Gasteiger charge is -2.42. The number of nitrogens with zero attached hydrogens (tertiary/aromatic N) is 3. The molecule has 1 aliphatic carbocycles. The molecule has 3 aliphatic rings. The number of likely N-dealkylation sites (tertiary alicyclic amines) is 2. The van der Waals surface area contributed by atoms with Gasteiger partial charge in [-0.3, -0.25) is 4.79 Å². The smallest absolute Gasteiger partial charge is 0.253 e. The maximum atomic E-state index is 13.0. The van der Waals surface area contributed by atoms with Gasteiger partial charge in [-0.15, -0.1) is 0 Å². The summed E-state index contributed by atoms with van der Waals surface area (Å²) >= 11 is 0. The molecule has 1 aromatic carbocycles. The van der Waals surface area contributed by atoms with Crippen LogP contribution in [0.3, 0.4) is 0 Å². The van der Waals surface area contributed by atoms with Gasteiger partial charge in [-0.2, -0.15) is 0 Å². The normalized spacial score (nSPS) is 23.2. The van der Waals surface area contributed by atoms with Crippen molar-refractivity contribution in [2.75, 3.05) is 40.3 Å². The second kappa shape index (κ2) is 7.69. The molecule has 0 atom stereocenters. The number of fused-ring (bicyclic) bond motifs is 1. The molecule has 142 valence electrons. The Labute approximate surface area is 158 Å². The summed E-state index contributed by atoms with van der Waals surface area (Å²) in [5, 5.41) is 0. The zero-order chi connectivity index (χ0) is 18.1. The lowest BCUT2D eigenvalue weighted by Crippen LogP contribution is -2.51. The second-order valence-electron chi connectivity index (χ2n) is 8.55. The summed E-state index contributed by atoms with van der Waals surface area (Å²) in [6.07, 6.45) is 8.36. The van der Waals surface area contributed by atoms with Crippen LogP contribution in [0.25, 0.3) is 0 Å². The first-order valence-electron chi connectivity index (χ1n) is 10.4. The average Bonchev–Trinajstić information content (AvgIpc) is 3.15. The highest BCUT2D eigenvalue weighted by molar-refractivity contribution is 5.94. The fraction of sp³-hybridized carbons (Fsp3) is 0.682. The van der Waals surface area contributed by atoms with Gasteiger partial charge in [0, 0.05) is 37.8 Å². The molecule has 0 radical (unpaired) electrons. The highest BCUT2D eigenvalue weighted by atomic mass is 16.2. The maximum Gasteiger partial charge on any atom is 0.253 e. The lowest BCUT2D eigenvalue weighted by molar-refractivity contribution is 0.0516. The maximum absolute atomic E-state index is 13.0. The van der Waals surface area contributed by atoms with Gasteiger partial charge in [0.2, 0.25) is 0 Å². The summed E-state index contributed by atoms with van der Waals surface area (Å²) < 4.78 is 0. The van der Waals surface area contributed by atoms with Gasteiger partial charge in [0.1, 0.15) is 0 Å². The number of carbonyl (C=O) groups excluding carboxylic acids is 1. The molecular formula is C22H33N3O. The van der Waals surface area contributed by atoms with E-state index in [-0.39, 0.29) is 5.91 Å². The highest BCUT2D eigenvalue weighted by Gasteiger charge is 2.30. The minimum absolute atomic E-state index is 0.206. The average molecular weight is 356 g/mol. The largest absolute Gasteiger partial charge is 0.339 e. The minimum Gasteiger partial charge on any atom is -0.339 e. The van der Waals surface area contributed by atoms with Crippen LogP contribution in [0, 0.1) is 0 Å².